The first kappa shape index (κ1) is 44.6. The molecule has 3 N–H and O–H groups in total. The van der Waals surface area contributed by atoms with E-state index < -0.39 is 74.1 Å². The molecule has 63 heavy (non-hydrogen) atoms. The lowest BCUT2D eigenvalue weighted by Crippen LogP contribution is -2.59. The van der Waals surface area contributed by atoms with Gasteiger partial charge in [-0.2, -0.15) is 0 Å². The first-order chi connectivity index (χ1) is 30.1. The number of nitrogens with zero attached hydrogens (tertiary/aromatic N) is 3. The van der Waals surface area contributed by atoms with Crippen LogP contribution in [0.3, 0.4) is 0 Å². The molecule has 1 aromatic carbocycles. The maximum Gasteiger partial charge on any atom is 0.407 e. The summed E-state index contributed by atoms with van der Waals surface area (Å²) in [6.07, 6.45) is 7.43. The number of ether oxygens (including phenoxy) is 4. The van der Waals surface area contributed by atoms with Gasteiger partial charge in [0.2, 0.25) is 27.7 Å². The molecule has 3 aliphatic carbocycles. The number of aryl methyl sites for hydroxylation is 2. The van der Waals surface area contributed by atoms with E-state index in [1.54, 1.807) is 13.2 Å². The molecule has 5 atom stereocenters. The molecule has 4 heterocycles. The minimum absolute atomic E-state index is 0.0194. The van der Waals surface area contributed by atoms with Crippen molar-refractivity contribution in [1.82, 2.24) is 30.2 Å². The zero-order valence-electron chi connectivity index (χ0n) is 36.4. The van der Waals surface area contributed by atoms with E-state index >= 15 is 4.79 Å². The monoisotopic (exact) mass is 906 g/mol. The summed E-state index contributed by atoms with van der Waals surface area (Å²) < 4.78 is 52.7. The molecule has 0 spiro atoms. The highest BCUT2D eigenvalue weighted by atomic mass is 32.2. The second-order valence-electron chi connectivity index (χ2n) is 18.6. The summed E-state index contributed by atoms with van der Waals surface area (Å²) in [6.45, 7) is 10.1. The Kier molecular flexibility index (Phi) is 12.7. The van der Waals surface area contributed by atoms with Crippen molar-refractivity contribution in [3.8, 4) is 17.4 Å². The van der Waals surface area contributed by atoms with Crippen molar-refractivity contribution in [2.75, 3.05) is 20.3 Å². The Labute approximate surface area is 372 Å². The van der Waals surface area contributed by atoms with Gasteiger partial charge in [-0.05, 0) is 81.3 Å². The summed E-state index contributed by atoms with van der Waals surface area (Å²) in [6, 6.07) is 3.40. The molecule has 8 rings (SSSR count). The van der Waals surface area contributed by atoms with Gasteiger partial charge in [0.15, 0.2) is 0 Å². The molecule has 340 valence electrons. The topological polar surface area (TPSA) is 204 Å². The van der Waals surface area contributed by atoms with Gasteiger partial charge in [0, 0.05) is 35.2 Å². The number of pyridine rings is 1. The average Bonchev–Trinajstić information content (AvgIpc) is 4.16. The van der Waals surface area contributed by atoms with Gasteiger partial charge in [-0.15, -0.1) is 17.9 Å². The molecule has 4 bridgehead atoms. The number of aromatic nitrogens is 2. The molecule has 16 nitrogen and oxygen atoms in total. The Morgan fingerprint density at radius 1 is 1.10 bits per heavy atom. The number of benzene rings is 1. The fourth-order valence-electron chi connectivity index (χ4n) is 9.28. The first-order valence-corrected chi connectivity index (χ1v) is 24.5. The van der Waals surface area contributed by atoms with Gasteiger partial charge >= 0.3 is 6.09 Å². The lowest BCUT2D eigenvalue weighted by molar-refractivity contribution is -0.142. The zero-order chi connectivity index (χ0) is 44.7. The van der Waals surface area contributed by atoms with Crippen LogP contribution in [0.25, 0.3) is 10.9 Å². The number of rotatable bonds is 11. The smallest absolute Gasteiger partial charge is 0.407 e. The van der Waals surface area contributed by atoms with E-state index in [4.69, 9.17) is 23.9 Å². The van der Waals surface area contributed by atoms with Crippen LogP contribution in [0.2, 0.25) is 0 Å². The maximum absolute atomic E-state index is 15.1. The molecule has 3 aromatic rings. The molecule has 2 aromatic heterocycles. The number of fused-ring (bicyclic) bond motifs is 3. The minimum Gasteiger partial charge on any atom is -0.496 e. The van der Waals surface area contributed by atoms with Crippen LogP contribution in [-0.2, 0) is 42.2 Å². The van der Waals surface area contributed by atoms with Gasteiger partial charge in [0.05, 0.1) is 41.7 Å². The summed E-state index contributed by atoms with van der Waals surface area (Å²) in [5.41, 5.74) is 0.257. The number of methoxy groups -OCH3 is 1. The zero-order valence-corrected chi connectivity index (χ0v) is 38.0. The second-order valence-corrected chi connectivity index (χ2v) is 21.6. The van der Waals surface area contributed by atoms with Gasteiger partial charge < -0.3 is 34.5 Å². The number of carbonyl (C=O) groups excluding carboxylic acids is 4. The summed E-state index contributed by atoms with van der Waals surface area (Å²) in [5, 5.41) is 8.64. The van der Waals surface area contributed by atoms with Crippen molar-refractivity contribution in [1.29, 1.82) is 0 Å². The number of amides is 4. The number of alkyl carbamates (subject to hydrolysis) is 1. The summed E-state index contributed by atoms with van der Waals surface area (Å²) in [7, 11) is -2.32. The standard InChI is InChI=1S/C45H58N6O10S2/c1-6-29-21-45(29,42(54)50-63(56,57)32-14-15-32)49-40(52)35-18-31-22-51(35)41(53)39(27-11-8-7-9-12-27)48-43(55)60-25-44(3,4)16-10-13-28-17-33-34(19-36(28)58-5)47-38(20-37(33)61-31)59-23-30-24-62-26(2)46-30/h6,17,19-20,24,27,29,31-32,35,39H,1,7-16,18,21-23,25H2,2-5H3,(H,48,55)(H,49,52)(H,50,54)/t29-,31-,35+,39+,45-/m1/s1. The Morgan fingerprint density at radius 3 is 2.56 bits per heavy atom. The van der Waals surface area contributed by atoms with Crippen molar-refractivity contribution in [3.63, 3.8) is 0 Å². The average molecular weight is 907 g/mol. The third-order valence-electron chi connectivity index (χ3n) is 13.1. The van der Waals surface area contributed by atoms with Crippen LogP contribution < -0.4 is 29.6 Å². The van der Waals surface area contributed by atoms with Crippen LogP contribution in [0.15, 0.2) is 36.2 Å². The van der Waals surface area contributed by atoms with Crippen molar-refractivity contribution < 1.29 is 46.5 Å². The molecule has 18 heteroatoms. The Bertz CT molecular complexity index is 2380. The third kappa shape index (κ3) is 9.91. The Balaban J connectivity index is 1.17. The number of hydrogen-bond acceptors (Lipinski definition) is 13. The van der Waals surface area contributed by atoms with Crippen LogP contribution in [0, 0.1) is 24.2 Å². The predicted octanol–water partition coefficient (Wildman–Crippen LogP) is 5.64. The molecule has 0 unspecified atom stereocenters. The number of sulfonamides is 1. The lowest BCUT2D eigenvalue weighted by atomic mass is 9.83. The molecule has 1 saturated heterocycles. The number of hydrogen-bond donors (Lipinski definition) is 3. The van der Waals surface area contributed by atoms with Crippen LogP contribution >= 0.6 is 11.3 Å². The van der Waals surface area contributed by atoms with Crippen LogP contribution in [-0.4, -0.2) is 96.3 Å². The number of cyclic esters (lactones) is 1. The number of nitrogens with one attached hydrogen (secondary N) is 3. The molecule has 5 aliphatic rings. The molecule has 4 amide bonds. The van der Waals surface area contributed by atoms with E-state index in [1.165, 1.54) is 22.3 Å². The highest BCUT2D eigenvalue weighted by Gasteiger charge is 2.62. The van der Waals surface area contributed by atoms with E-state index in [0.717, 1.165) is 48.4 Å². The molecule has 2 aliphatic heterocycles. The molecule has 0 radical (unpaired) electrons. The third-order valence-corrected chi connectivity index (χ3v) is 15.8. The minimum atomic E-state index is -3.93. The highest BCUT2D eigenvalue weighted by molar-refractivity contribution is 7.91. The van der Waals surface area contributed by atoms with Crippen molar-refractivity contribution in [3.05, 3.63) is 52.5 Å². The molecule has 3 saturated carbocycles. The van der Waals surface area contributed by atoms with Crippen LogP contribution in [0.4, 0.5) is 4.79 Å². The van der Waals surface area contributed by atoms with E-state index in [2.05, 4.69) is 26.9 Å². The van der Waals surface area contributed by atoms with Crippen molar-refractivity contribution in [2.24, 2.45) is 17.3 Å². The van der Waals surface area contributed by atoms with Crippen LogP contribution in [0.5, 0.6) is 17.4 Å². The van der Waals surface area contributed by atoms with Crippen LogP contribution in [0.1, 0.15) is 101 Å². The quantitative estimate of drug-likeness (QED) is 0.200. The van der Waals surface area contributed by atoms with Gasteiger partial charge in [-0.25, -0.2) is 23.2 Å². The maximum atomic E-state index is 15.1. The van der Waals surface area contributed by atoms with Crippen molar-refractivity contribution >= 4 is 56.1 Å². The van der Waals surface area contributed by atoms with Gasteiger partial charge in [-0.3, -0.25) is 19.1 Å². The SMILES string of the molecule is C=C[C@@H]1C[C@]1(NC(=O)[C@@H]1C[C@@H]2CN1C(=O)[C@H](C1CCCCC1)NC(=O)OCC(C)(C)CCCc1cc3c(cc(OCc4csc(C)n4)nc3cc1OC)O2)C(=O)NS(=O)(=O)C1CC1. The van der Waals surface area contributed by atoms with Gasteiger partial charge in [-0.1, -0.05) is 39.2 Å². The first-order valence-electron chi connectivity index (χ1n) is 22.0. The molecular formula is C45H58N6O10S2. The number of thiazole rings is 1. The van der Waals surface area contributed by atoms with E-state index in [1.807, 2.05) is 38.3 Å². The summed E-state index contributed by atoms with van der Waals surface area (Å²) >= 11 is 1.52. The van der Waals surface area contributed by atoms with E-state index in [0.29, 0.717) is 54.5 Å². The van der Waals surface area contributed by atoms with Crippen molar-refractivity contribution in [2.45, 2.75) is 133 Å². The number of carbonyl (C=O) groups is 4. The van der Waals surface area contributed by atoms with Gasteiger partial charge in [0.25, 0.3) is 5.91 Å². The van der Waals surface area contributed by atoms with Gasteiger partial charge in [0.1, 0.15) is 41.8 Å². The molecule has 4 fully saturated rings. The van der Waals surface area contributed by atoms with E-state index in [-0.39, 0.29) is 44.4 Å². The Hall–Kier alpha value is -4.97. The lowest BCUT2D eigenvalue weighted by Gasteiger charge is -2.35. The highest BCUT2D eigenvalue weighted by Crippen LogP contribution is 2.46. The molecular weight excluding hydrogens is 849 g/mol. The van der Waals surface area contributed by atoms with E-state index in [9.17, 15) is 22.8 Å². The fourth-order valence-corrected chi connectivity index (χ4v) is 11.2. The second kappa shape index (κ2) is 17.9. The largest absolute Gasteiger partial charge is 0.496 e. The normalized spacial score (nSPS) is 26.7. The fraction of sp³-hybridized carbons (Fsp3) is 0.600. The summed E-state index contributed by atoms with van der Waals surface area (Å²) in [4.78, 5) is 67.9. The predicted molar refractivity (Wildman–Crippen MR) is 235 cm³/mol. The summed E-state index contributed by atoms with van der Waals surface area (Å²) in [5.74, 6) is -1.36. The Morgan fingerprint density at radius 2 is 1.87 bits per heavy atom.